The van der Waals surface area contributed by atoms with Crippen LogP contribution in [0.25, 0.3) is 0 Å². The van der Waals surface area contributed by atoms with Crippen molar-refractivity contribution in [3.8, 4) is 5.88 Å². The van der Waals surface area contributed by atoms with E-state index in [1.807, 2.05) is 19.9 Å². The van der Waals surface area contributed by atoms with E-state index in [0.29, 0.717) is 25.3 Å². The molecule has 5 heteroatoms. The number of methoxy groups -OCH3 is 1. The van der Waals surface area contributed by atoms with Crippen LogP contribution in [0.5, 0.6) is 5.88 Å². The Bertz CT molecular complexity index is 403. The summed E-state index contributed by atoms with van der Waals surface area (Å²) in [6.07, 6.45) is 2.87. The molecule has 1 amide bonds. The highest BCUT2D eigenvalue weighted by Gasteiger charge is 2.29. The first-order chi connectivity index (χ1) is 8.57. The minimum atomic E-state index is -0.796. The van der Waals surface area contributed by atoms with Gasteiger partial charge >= 0.3 is 0 Å². The Kier molecular flexibility index (Phi) is 5.09. The number of carbonyl (C=O) groups excluding carboxylic acids is 1. The number of carbonyl (C=O) groups is 1. The second-order valence-electron chi connectivity index (χ2n) is 4.22. The standard InChI is InChI=1S/C13H21N3O2/c1-4-13(14,5-2)12(17)16-9-10-7-6-8-15-11(10)18-3/h6-8H,4-5,9,14H2,1-3H3,(H,16,17). The maximum Gasteiger partial charge on any atom is 0.240 e. The maximum absolute atomic E-state index is 12.0. The van der Waals surface area contributed by atoms with Crippen molar-refractivity contribution < 1.29 is 9.53 Å². The third kappa shape index (κ3) is 3.20. The molecule has 100 valence electrons. The molecule has 1 aromatic rings. The number of pyridine rings is 1. The van der Waals surface area contributed by atoms with Crippen LogP contribution in [0.3, 0.4) is 0 Å². The average Bonchev–Trinajstić information content (AvgIpc) is 2.43. The van der Waals surface area contributed by atoms with Gasteiger partial charge in [0.1, 0.15) is 0 Å². The fourth-order valence-corrected chi connectivity index (χ4v) is 1.67. The largest absolute Gasteiger partial charge is 0.481 e. The van der Waals surface area contributed by atoms with E-state index in [1.54, 1.807) is 19.4 Å². The quantitative estimate of drug-likeness (QED) is 0.797. The van der Waals surface area contributed by atoms with Crippen molar-refractivity contribution in [1.29, 1.82) is 0 Å². The lowest BCUT2D eigenvalue weighted by Gasteiger charge is -2.25. The number of nitrogens with one attached hydrogen (secondary N) is 1. The summed E-state index contributed by atoms with van der Waals surface area (Å²) in [6.45, 7) is 4.19. The van der Waals surface area contributed by atoms with E-state index in [9.17, 15) is 4.79 Å². The van der Waals surface area contributed by atoms with Gasteiger partial charge in [-0.3, -0.25) is 4.79 Å². The van der Waals surface area contributed by atoms with Crippen LogP contribution in [-0.2, 0) is 11.3 Å². The molecule has 0 aliphatic heterocycles. The third-order valence-corrected chi connectivity index (χ3v) is 3.20. The van der Waals surface area contributed by atoms with E-state index >= 15 is 0 Å². The molecule has 1 heterocycles. The van der Waals surface area contributed by atoms with Crippen LogP contribution in [0.2, 0.25) is 0 Å². The molecule has 0 unspecified atom stereocenters. The molecule has 0 aliphatic carbocycles. The van der Waals surface area contributed by atoms with Gasteiger partial charge in [-0.2, -0.15) is 0 Å². The number of hydrogen-bond donors (Lipinski definition) is 2. The van der Waals surface area contributed by atoms with Crippen LogP contribution >= 0.6 is 0 Å². The monoisotopic (exact) mass is 251 g/mol. The Balaban J connectivity index is 2.68. The third-order valence-electron chi connectivity index (χ3n) is 3.20. The first kappa shape index (κ1) is 14.4. The Hall–Kier alpha value is -1.62. The summed E-state index contributed by atoms with van der Waals surface area (Å²) in [5.41, 5.74) is 6.06. The van der Waals surface area contributed by atoms with Crippen LogP contribution in [-0.4, -0.2) is 23.5 Å². The molecule has 0 spiro atoms. The summed E-state index contributed by atoms with van der Waals surface area (Å²) >= 11 is 0. The number of rotatable bonds is 6. The van der Waals surface area contributed by atoms with Gasteiger partial charge in [0.15, 0.2) is 0 Å². The molecular weight excluding hydrogens is 230 g/mol. The van der Waals surface area contributed by atoms with Gasteiger partial charge < -0.3 is 15.8 Å². The molecule has 0 atom stereocenters. The van der Waals surface area contributed by atoms with Gasteiger partial charge in [0.05, 0.1) is 12.6 Å². The number of aromatic nitrogens is 1. The van der Waals surface area contributed by atoms with Gasteiger partial charge in [0, 0.05) is 18.3 Å². The highest BCUT2D eigenvalue weighted by Crippen LogP contribution is 2.15. The normalized spacial score (nSPS) is 11.1. The molecule has 0 saturated carbocycles. The van der Waals surface area contributed by atoms with Crippen LogP contribution in [0.1, 0.15) is 32.3 Å². The Labute approximate surface area is 108 Å². The van der Waals surface area contributed by atoms with Crippen LogP contribution in [0, 0.1) is 0 Å². The first-order valence-corrected chi connectivity index (χ1v) is 6.12. The summed E-state index contributed by atoms with van der Waals surface area (Å²) in [5.74, 6) is 0.381. The fourth-order valence-electron chi connectivity index (χ4n) is 1.67. The summed E-state index contributed by atoms with van der Waals surface area (Å²) in [4.78, 5) is 16.1. The molecule has 0 radical (unpaired) electrons. The average molecular weight is 251 g/mol. The molecule has 0 aromatic carbocycles. The zero-order valence-electron chi connectivity index (χ0n) is 11.2. The molecule has 1 rings (SSSR count). The van der Waals surface area contributed by atoms with Crippen molar-refractivity contribution >= 4 is 5.91 Å². The van der Waals surface area contributed by atoms with Crippen LogP contribution in [0.4, 0.5) is 0 Å². The highest BCUT2D eigenvalue weighted by atomic mass is 16.5. The summed E-state index contributed by atoms with van der Waals surface area (Å²) in [7, 11) is 1.55. The Morgan fingerprint density at radius 1 is 1.50 bits per heavy atom. The SMILES string of the molecule is CCC(N)(CC)C(=O)NCc1cccnc1OC. The number of nitrogens with zero attached hydrogens (tertiary/aromatic N) is 1. The number of nitrogens with two attached hydrogens (primary N) is 1. The molecule has 0 bridgehead atoms. The van der Waals surface area contributed by atoms with Crippen molar-refractivity contribution in [1.82, 2.24) is 10.3 Å². The Morgan fingerprint density at radius 2 is 2.17 bits per heavy atom. The van der Waals surface area contributed by atoms with E-state index in [2.05, 4.69) is 10.3 Å². The van der Waals surface area contributed by atoms with Crippen molar-refractivity contribution in [2.75, 3.05) is 7.11 Å². The lowest BCUT2D eigenvalue weighted by Crippen LogP contribution is -2.52. The zero-order valence-corrected chi connectivity index (χ0v) is 11.2. The summed E-state index contributed by atoms with van der Waals surface area (Å²) in [6, 6.07) is 3.67. The lowest BCUT2D eigenvalue weighted by molar-refractivity contribution is -0.126. The van der Waals surface area contributed by atoms with Crippen molar-refractivity contribution in [3.05, 3.63) is 23.9 Å². The topological polar surface area (TPSA) is 77.2 Å². The Morgan fingerprint density at radius 3 is 2.72 bits per heavy atom. The van der Waals surface area contributed by atoms with Crippen LogP contribution in [0.15, 0.2) is 18.3 Å². The number of amides is 1. The van der Waals surface area contributed by atoms with E-state index in [0.717, 1.165) is 5.56 Å². The molecule has 5 nitrogen and oxygen atoms in total. The summed E-state index contributed by atoms with van der Waals surface area (Å²) in [5, 5.41) is 2.83. The number of ether oxygens (including phenoxy) is 1. The molecule has 3 N–H and O–H groups in total. The van der Waals surface area contributed by atoms with Gasteiger partial charge in [0.2, 0.25) is 11.8 Å². The second kappa shape index (κ2) is 6.35. The molecule has 1 aromatic heterocycles. The van der Waals surface area contributed by atoms with Gasteiger partial charge in [-0.15, -0.1) is 0 Å². The van der Waals surface area contributed by atoms with Crippen molar-refractivity contribution in [2.45, 2.75) is 38.8 Å². The molecular formula is C13H21N3O2. The lowest BCUT2D eigenvalue weighted by atomic mass is 9.93. The van der Waals surface area contributed by atoms with E-state index in [1.165, 1.54) is 0 Å². The zero-order chi connectivity index (χ0) is 13.6. The minimum absolute atomic E-state index is 0.140. The minimum Gasteiger partial charge on any atom is -0.481 e. The van der Waals surface area contributed by atoms with Crippen LogP contribution < -0.4 is 15.8 Å². The predicted octanol–water partition coefficient (Wildman–Crippen LogP) is 1.22. The van der Waals surface area contributed by atoms with Gasteiger partial charge in [-0.1, -0.05) is 19.9 Å². The number of hydrogen-bond acceptors (Lipinski definition) is 4. The fraction of sp³-hybridized carbons (Fsp3) is 0.538. The van der Waals surface area contributed by atoms with E-state index in [4.69, 9.17) is 10.5 Å². The molecule has 18 heavy (non-hydrogen) atoms. The molecule has 0 saturated heterocycles. The van der Waals surface area contributed by atoms with E-state index in [-0.39, 0.29) is 5.91 Å². The predicted molar refractivity (Wildman–Crippen MR) is 70.1 cm³/mol. The van der Waals surface area contributed by atoms with E-state index < -0.39 is 5.54 Å². The smallest absolute Gasteiger partial charge is 0.240 e. The van der Waals surface area contributed by atoms with Gasteiger partial charge in [-0.25, -0.2) is 4.98 Å². The molecule has 0 fully saturated rings. The van der Waals surface area contributed by atoms with Gasteiger partial charge in [-0.05, 0) is 18.9 Å². The highest BCUT2D eigenvalue weighted by molar-refractivity contribution is 5.85. The first-order valence-electron chi connectivity index (χ1n) is 6.12. The molecule has 0 aliphatic rings. The van der Waals surface area contributed by atoms with Crippen molar-refractivity contribution in [2.24, 2.45) is 5.73 Å². The second-order valence-corrected chi connectivity index (χ2v) is 4.22. The van der Waals surface area contributed by atoms with Crippen molar-refractivity contribution in [3.63, 3.8) is 0 Å². The van der Waals surface area contributed by atoms with Gasteiger partial charge in [0.25, 0.3) is 0 Å². The summed E-state index contributed by atoms with van der Waals surface area (Å²) < 4.78 is 5.12. The maximum atomic E-state index is 12.0.